The second-order valence-corrected chi connectivity index (χ2v) is 9.81. The van der Waals surface area contributed by atoms with Crippen molar-refractivity contribution in [3.8, 4) is 0 Å². The molecule has 2 aromatic carbocycles. The van der Waals surface area contributed by atoms with E-state index in [0.717, 1.165) is 24.8 Å². The Kier molecular flexibility index (Phi) is 6.75. The standard InChI is InChI=1S/C23H30N2O3S/c1-4-22(21-10-7-17(2)18(3)15-21)24-23(26)20-11-8-19(9-12-20)16-29(27,28)25-13-5-6-14-25/h7-12,15,22H,4-6,13-14,16H2,1-3H3,(H,24,26). The Balaban J connectivity index is 1.67. The predicted octanol–water partition coefficient (Wildman–Crippen LogP) is 4.11. The second-order valence-electron chi connectivity index (χ2n) is 7.84. The highest BCUT2D eigenvalue weighted by Gasteiger charge is 2.25. The molecule has 2 aromatic rings. The maximum absolute atomic E-state index is 12.7. The van der Waals surface area contributed by atoms with Crippen LogP contribution in [0, 0.1) is 13.8 Å². The van der Waals surface area contributed by atoms with Crippen LogP contribution in [-0.2, 0) is 15.8 Å². The fourth-order valence-corrected chi connectivity index (χ4v) is 5.28. The zero-order valence-electron chi connectivity index (χ0n) is 17.4. The van der Waals surface area contributed by atoms with E-state index in [9.17, 15) is 13.2 Å². The minimum Gasteiger partial charge on any atom is -0.345 e. The number of carbonyl (C=O) groups is 1. The fourth-order valence-electron chi connectivity index (χ4n) is 3.66. The van der Waals surface area contributed by atoms with Crippen LogP contribution in [0.2, 0.25) is 0 Å². The average Bonchev–Trinajstić information content (AvgIpc) is 3.24. The van der Waals surface area contributed by atoms with Gasteiger partial charge in [0.2, 0.25) is 10.0 Å². The minimum atomic E-state index is -3.28. The lowest BCUT2D eigenvalue weighted by Crippen LogP contribution is -2.29. The van der Waals surface area contributed by atoms with Crippen molar-refractivity contribution in [2.24, 2.45) is 0 Å². The summed E-state index contributed by atoms with van der Waals surface area (Å²) < 4.78 is 26.5. The number of nitrogens with one attached hydrogen (secondary N) is 1. The first-order valence-electron chi connectivity index (χ1n) is 10.2. The van der Waals surface area contributed by atoms with Gasteiger partial charge in [-0.2, -0.15) is 0 Å². The molecule has 1 aliphatic rings. The van der Waals surface area contributed by atoms with E-state index in [1.54, 1.807) is 28.6 Å². The highest BCUT2D eigenvalue weighted by molar-refractivity contribution is 7.88. The third kappa shape index (κ3) is 5.25. The van der Waals surface area contributed by atoms with Crippen LogP contribution in [0.5, 0.6) is 0 Å². The van der Waals surface area contributed by atoms with Gasteiger partial charge in [-0.25, -0.2) is 12.7 Å². The fraction of sp³-hybridized carbons (Fsp3) is 0.435. The first kappa shape index (κ1) is 21.5. The van der Waals surface area contributed by atoms with Gasteiger partial charge in [0.1, 0.15) is 0 Å². The highest BCUT2D eigenvalue weighted by Crippen LogP contribution is 2.21. The van der Waals surface area contributed by atoms with E-state index in [4.69, 9.17) is 0 Å². The summed E-state index contributed by atoms with van der Waals surface area (Å²) >= 11 is 0. The van der Waals surface area contributed by atoms with Crippen molar-refractivity contribution in [1.29, 1.82) is 0 Å². The Morgan fingerprint density at radius 3 is 2.28 bits per heavy atom. The summed E-state index contributed by atoms with van der Waals surface area (Å²) in [5, 5.41) is 3.09. The number of hydrogen-bond donors (Lipinski definition) is 1. The molecule has 1 amide bonds. The van der Waals surface area contributed by atoms with E-state index >= 15 is 0 Å². The number of nitrogens with zero attached hydrogens (tertiary/aromatic N) is 1. The molecule has 1 atom stereocenters. The van der Waals surface area contributed by atoms with Gasteiger partial charge in [-0.15, -0.1) is 0 Å². The molecule has 5 nitrogen and oxygen atoms in total. The van der Waals surface area contributed by atoms with Crippen LogP contribution in [0.15, 0.2) is 42.5 Å². The highest BCUT2D eigenvalue weighted by atomic mass is 32.2. The quantitative estimate of drug-likeness (QED) is 0.741. The van der Waals surface area contributed by atoms with Crippen molar-refractivity contribution < 1.29 is 13.2 Å². The first-order chi connectivity index (χ1) is 13.8. The molecule has 29 heavy (non-hydrogen) atoms. The lowest BCUT2D eigenvalue weighted by molar-refractivity contribution is 0.0935. The van der Waals surface area contributed by atoms with Crippen LogP contribution in [0.4, 0.5) is 0 Å². The van der Waals surface area contributed by atoms with Crippen LogP contribution >= 0.6 is 0 Å². The average molecular weight is 415 g/mol. The van der Waals surface area contributed by atoms with Crippen molar-refractivity contribution in [2.45, 2.75) is 51.8 Å². The molecule has 1 N–H and O–H groups in total. The maximum Gasteiger partial charge on any atom is 0.251 e. The van der Waals surface area contributed by atoms with Gasteiger partial charge < -0.3 is 5.32 Å². The van der Waals surface area contributed by atoms with Crippen molar-refractivity contribution in [3.63, 3.8) is 0 Å². The monoisotopic (exact) mass is 414 g/mol. The van der Waals surface area contributed by atoms with Crippen molar-refractivity contribution in [2.75, 3.05) is 13.1 Å². The van der Waals surface area contributed by atoms with Gasteiger partial charge in [0, 0.05) is 18.7 Å². The molecular weight excluding hydrogens is 384 g/mol. The number of aryl methyl sites for hydroxylation is 2. The predicted molar refractivity (Wildman–Crippen MR) is 116 cm³/mol. The van der Waals surface area contributed by atoms with E-state index in [0.29, 0.717) is 24.2 Å². The van der Waals surface area contributed by atoms with Gasteiger partial charge in [-0.05, 0) is 67.5 Å². The topological polar surface area (TPSA) is 66.5 Å². The van der Waals surface area contributed by atoms with Crippen LogP contribution in [-0.4, -0.2) is 31.7 Å². The van der Waals surface area contributed by atoms with Gasteiger partial charge in [-0.3, -0.25) is 4.79 Å². The molecule has 1 aliphatic heterocycles. The van der Waals surface area contributed by atoms with E-state index < -0.39 is 10.0 Å². The smallest absolute Gasteiger partial charge is 0.251 e. The Morgan fingerprint density at radius 1 is 1.03 bits per heavy atom. The molecule has 0 radical (unpaired) electrons. The summed E-state index contributed by atoms with van der Waals surface area (Å²) in [5.41, 5.74) is 4.77. The zero-order chi connectivity index (χ0) is 21.0. The Hall–Kier alpha value is -2.18. The van der Waals surface area contributed by atoms with Gasteiger partial charge in [-0.1, -0.05) is 37.3 Å². The SMILES string of the molecule is CCC(NC(=O)c1ccc(CS(=O)(=O)N2CCCC2)cc1)c1ccc(C)c(C)c1. The third-order valence-corrected chi connectivity index (χ3v) is 7.52. The number of rotatable bonds is 7. The number of benzene rings is 2. The molecular formula is C23H30N2O3S. The Bertz CT molecular complexity index is 962. The molecule has 1 fully saturated rings. The minimum absolute atomic E-state index is 0.0187. The van der Waals surface area contributed by atoms with Gasteiger partial charge in [0.05, 0.1) is 11.8 Å². The molecule has 3 rings (SSSR count). The van der Waals surface area contributed by atoms with Gasteiger partial charge in [0.25, 0.3) is 5.91 Å². The lowest BCUT2D eigenvalue weighted by Gasteiger charge is -2.19. The first-order valence-corrected chi connectivity index (χ1v) is 11.9. The molecule has 0 aromatic heterocycles. The van der Waals surface area contributed by atoms with Crippen LogP contribution in [0.3, 0.4) is 0 Å². The number of sulfonamides is 1. The molecule has 6 heteroatoms. The summed E-state index contributed by atoms with van der Waals surface area (Å²) in [6.45, 7) is 7.41. The van der Waals surface area contributed by atoms with Crippen LogP contribution < -0.4 is 5.32 Å². The number of carbonyl (C=O) groups excluding carboxylic acids is 1. The third-order valence-electron chi connectivity index (χ3n) is 5.67. The second kappa shape index (κ2) is 9.09. The van der Waals surface area contributed by atoms with Gasteiger partial charge in [0.15, 0.2) is 0 Å². The molecule has 0 aliphatic carbocycles. The van der Waals surface area contributed by atoms with E-state index in [2.05, 4.69) is 37.4 Å². The number of amides is 1. The number of hydrogen-bond acceptors (Lipinski definition) is 3. The van der Waals surface area contributed by atoms with E-state index in [-0.39, 0.29) is 17.7 Å². The van der Waals surface area contributed by atoms with Crippen LogP contribution in [0.1, 0.15) is 64.8 Å². The van der Waals surface area contributed by atoms with Crippen molar-refractivity contribution in [3.05, 3.63) is 70.3 Å². The normalized spacial score (nSPS) is 16.0. The lowest BCUT2D eigenvalue weighted by atomic mass is 9.99. The Morgan fingerprint density at radius 2 is 1.69 bits per heavy atom. The van der Waals surface area contributed by atoms with E-state index in [1.807, 2.05) is 6.92 Å². The summed E-state index contributed by atoms with van der Waals surface area (Å²) in [6.07, 6.45) is 2.65. The maximum atomic E-state index is 12.7. The summed E-state index contributed by atoms with van der Waals surface area (Å²) in [4.78, 5) is 12.7. The largest absolute Gasteiger partial charge is 0.345 e. The van der Waals surface area contributed by atoms with Gasteiger partial charge >= 0.3 is 0 Å². The molecule has 0 spiro atoms. The molecule has 1 heterocycles. The van der Waals surface area contributed by atoms with Crippen molar-refractivity contribution in [1.82, 2.24) is 9.62 Å². The van der Waals surface area contributed by atoms with E-state index in [1.165, 1.54) is 11.1 Å². The molecule has 0 bridgehead atoms. The summed E-state index contributed by atoms with van der Waals surface area (Å²) in [5.74, 6) is -0.168. The molecule has 156 valence electrons. The Labute approximate surface area is 174 Å². The summed E-state index contributed by atoms with van der Waals surface area (Å²) in [6, 6.07) is 13.1. The molecule has 1 unspecified atom stereocenters. The molecule has 0 saturated carbocycles. The summed E-state index contributed by atoms with van der Waals surface area (Å²) in [7, 11) is -3.28. The zero-order valence-corrected chi connectivity index (χ0v) is 18.3. The molecule has 1 saturated heterocycles. The van der Waals surface area contributed by atoms with Crippen molar-refractivity contribution >= 4 is 15.9 Å². The van der Waals surface area contributed by atoms with Crippen LogP contribution in [0.25, 0.3) is 0 Å².